The Morgan fingerprint density at radius 1 is 0.857 bits per heavy atom. The zero-order valence-corrected chi connectivity index (χ0v) is 11.5. The van der Waals surface area contributed by atoms with Crippen LogP contribution in [0.5, 0.6) is 0 Å². The SMILES string of the molecule is NC(N)=O.O=C1C=C(N2CC2)C(=O)C(N2CC2)=C1N1CC1. The van der Waals surface area contributed by atoms with Crippen molar-refractivity contribution in [1.82, 2.24) is 14.7 Å². The smallest absolute Gasteiger partial charge is 0.309 e. The molecule has 4 rings (SSSR count). The van der Waals surface area contributed by atoms with Crippen molar-refractivity contribution in [3.63, 3.8) is 0 Å². The summed E-state index contributed by atoms with van der Waals surface area (Å²) < 4.78 is 0. The van der Waals surface area contributed by atoms with Gasteiger partial charge in [-0.3, -0.25) is 9.59 Å². The maximum Gasteiger partial charge on any atom is 0.309 e. The summed E-state index contributed by atoms with van der Waals surface area (Å²) in [6, 6.07) is -0.833. The summed E-state index contributed by atoms with van der Waals surface area (Å²) in [5, 5.41) is 0. The fourth-order valence-electron chi connectivity index (χ4n) is 2.28. The van der Waals surface area contributed by atoms with Gasteiger partial charge in [0.2, 0.25) is 11.6 Å². The molecular weight excluding hydrogens is 274 g/mol. The molecule has 3 saturated heterocycles. The highest BCUT2D eigenvalue weighted by Gasteiger charge is 2.43. The van der Waals surface area contributed by atoms with E-state index in [2.05, 4.69) is 11.5 Å². The minimum absolute atomic E-state index is 0.00546. The molecule has 8 heteroatoms. The summed E-state index contributed by atoms with van der Waals surface area (Å²) in [5.74, 6) is 0.0485. The summed E-state index contributed by atoms with van der Waals surface area (Å²) in [7, 11) is 0. The van der Waals surface area contributed by atoms with Crippen molar-refractivity contribution in [2.75, 3.05) is 39.3 Å². The molecule has 0 aromatic carbocycles. The molecule has 0 atom stereocenters. The first-order valence-electron chi connectivity index (χ1n) is 6.84. The first-order valence-corrected chi connectivity index (χ1v) is 6.84. The summed E-state index contributed by atoms with van der Waals surface area (Å²) >= 11 is 0. The van der Waals surface area contributed by atoms with Crippen LogP contribution in [0.2, 0.25) is 0 Å². The monoisotopic (exact) mass is 291 g/mol. The molecule has 3 aliphatic heterocycles. The number of allylic oxidation sites excluding steroid dienone is 1. The fraction of sp³-hybridized carbons (Fsp3) is 0.462. The largest absolute Gasteiger partial charge is 0.365 e. The van der Waals surface area contributed by atoms with E-state index in [1.165, 1.54) is 6.08 Å². The van der Waals surface area contributed by atoms with Crippen molar-refractivity contribution in [3.8, 4) is 0 Å². The number of primary amides is 2. The van der Waals surface area contributed by atoms with Gasteiger partial charge in [-0.1, -0.05) is 0 Å². The number of ketones is 2. The molecule has 2 amide bonds. The van der Waals surface area contributed by atoms with Crippen molar-refractivity contribution < 1.29 is 14.4 Å². The Bertz CT molecular complexity index is 579. The highest BCUT2D eigenvalue weighted by molar-refractivity contribution is 6.22. The van der Waals surface area contributed by atoms with Crippen LogP contribution in [-0.2, 0) is 9.59 Å². The normalized spacial score (nSPS) is 22.7. The van der Waals surface area contributed by atoms with Gasteiger partial charge in [0.15, 0.2) is 0 Å². The molecule has 0 bridgehead atoms. The lowest BCUT2D eigenvalue weighted by molar-refractivity contribution is -0.117. The number of amides is 2. The van der Waals surface area contributed by atoms with Crippen LogP contribution in [0.15, 0.2) is 23.2 Å². The molecular formula is C13H17N5O3. The van der Waals surface area contributed by atoms with Gasteiger partial charge >= 0.3 is 6.03 Å². The van der Waals surface area contributed by atoms with Crippen LogP contribution in [0.1, 0.15) is 0 Å². The third kappa shape index (κ3) is 2.83. The summed E-state index contributed by atoms with van der Waals surface area (Å²) in [6.07, 6.45) is 1.52. The van der Waals surface area contributed by atoms with E-state index >= 15 is 0 Å². The average Bonchev–Trinajstić information content (AvgIpc) is 3.26. The quantitative estimate of drug-likeness (QED) is 0.469. The van der Waals surface area contributed by atoms with Gasteiger partial charge in [-0.15, -0.1) is 0 Å². The first-order chi connectivity index (χ1) is 9.99. The summed E-state index contributed by atoms with van der Waals surface area (Å²) in [5.41, 5.74) is 10.4. The first kappa shape index (κ1) is 13.5. The van der Waals surface area contributed by atoms with Gasteiger partial charge in [0.25, 0.3) is 0 Å². The number of nitrogens with zero attached hydrogens (tertiary/aromatic N) is 3. The van der Waals surface area contributed by atoms with Gasteiger partial charge in [-0.05, 0) is 0 Å². The van der Waals surface area contributed by atoms with Gasteiger partial charge in [0.1, 0.15) is 11.4 Å². The predicted molar refractivity (Wildman–Crippen MR) is 73.6 cm³/mol. The number of carbonyl (C=O) groups excluding carboxylic acids is 3. The average molecular weight is 291 g/mol. The van der Waals surface area contributed by atoms with Crippen molar-refractivity contribution >= 4 is 17.6 Å². The fourth-order valence-corrected chi connectivity index (χ4v) is 2.28. The standard InChI is InChI=1S/C12H13N3O2.CH4N2O/c16-9-7-8(13-1-2-13)12(17)11(15-5-6-15)10(9)14-3-4-14;2-1(3)4/h7H,1-6H2;(H4,2,3,4). The molecule has 21 heavy (non-hydrogen) atoms. The topological polar surface area (TPSA) is 112 Å². The molecule has 0 spiro atoms. The van der Waals surface area contributed by atoms with Crippen LogP contribution < -0.4 is 11.5 Å². The molecule has 0 aromatic heterocycles. The van der Waals surface area contributed by atoms with Gasteiger partial charge in [-0.25, -0.2) is 4.79 Å². The van der Waals surface area contributed by atoms with Crippen LogP contribution in [-0.4, -0.2) is 71.6 Å². The van der Waals surface area contributed by atoms with E-state index < -0.39 is 6.03 Å². The molecule has 8 nitrogen and oxygen atoms in total. The number of nitrogens with two attached hydrogens (primary N) is 2. The van der Waals surface area contributed by atoms with Crippen molar-refractivity contribution in [3.05, 3.63) is 23.2 Å². The van der Waals surface area contributed by atoms with Crippen molar-refractivity contribution in [1.29, 1.82) is 0 Å². The third-order valence-electron chi connectivity index (χ3n) is 3.49. The number of carbonyl (C=O) groups is 3. The van der Waals surface area contributed by atoms with E-state index in [0.717, 1.165) is 39.3 Å². The Hall–Kier alpha value is -2.51. The number of Topliss-reactive ketones (excluding diaryl/α,β-unsaturated/α-hetero) is 1. The third-order valence-corrected chi connectivity index (χ3v) is 3.49. The number of rotatable bonds is 3. The maximum absolute atomic E-state index is 12.4. The molecule has 112 valence electrons. The second kappa shape index (κ2) is 4.80. The lowest BCUT2D eigenvalue weighted by atomic mass is 10.0. The van der Waals surface area contributed by atoms with E-state index in [9.17, 15) is 9.59 Å². The molecule has 0 radical (unpaired) electrons. The van der Waals surface area contributed by atoms with Crippen LogP contribution in [0.25, 0.3) is 0 Å². The van der Waals surface area contributed by atoms with Gasteiger partial charge in [0.05, 0.1) is 5.70 Å². The zero-order valence-electron chi connectivity index (χ0n) is 11.5. The van der Waals surface area contributed by atoms with Crippen molar-refractivity contribution in [2.24, 2.45) is 11.5 Å². The maximum atomic E-state index is 12.4. The van der Waals surface area contributed by atoms with E-state index in [1.807, 2.05) is 14.7 Å². The minimum atomic E-state index is -0.833. The highest BCUT2D eigenvalue weighted by atomic mass is 16.2. The van der Waals surface area contributed by atoms with Crippen LogP contribution in [0, 0.1) is 0 Å². The Balaban J connectivity index is 0.000000298. The second-order valence-electron chi connectivity index (χ2n) is 5.28. The Kier molecular flexibility index (Phi) is 3.08. The van der Waals surface area contributed by atoms with E-state index in [4.69, 9.17) is 4.79 Å². The lowest BCUT2D eigenvalue weighted by Gasteiger charge is -2.21. The molecule has 0 saturated carbocycles. The molecule has 4 N–H and O–H groups in total. The van der Waals surface area contributed by atoms with Crippen LogP contribution in [0.3, 0.4) is 0 Å². The minimum Gasteiger partial charge on any atom is -0.365 e. The van der Waals surface area contributed by atoms with Gasteiger partial charge in [0, 0.05) is 45.3 Å². The van der Waals surface area contributed by atoms with Gasteiger partial charge in [-0.2, -0.15) is 0 Å². The number of hydrogen-bond acceptors (Lipinski definition) is 6. The van der Waals surface area contributed by atoms with Crippen LogP contribution in [0.4, 0.5) is 4.79 Å². The van der Waals surface area contributed by atoms with Crippen LogP contribution >= 0.6 is 0 Å². The molecule has 0 aromatic rings. The lowest BCUT2D eigenvalue weighted by Crippen LogP contribution is -2.29. The Morgan fingerprint density at radius 3 is 1.71 bits per heavy atom. The molecule has 1 aliphatic carbocycles. The van der Waals surface area contributed by atoms with E-state index in [1.54, 1.807) is 0 Å². The molecule has 3 heterocycles. The molecule has 3 fully saturated rings. The Labute approximate surface area is 121 Å². The Morgan fingerprint density at radius 2 is 1.29 bits per heavy atom. The molecule has 4 aliphatic rings. The second-order valence-corrected chi connectivity index (χ2v) is 5.28. The zero-order chi connectivity index (χ0) is 15.1. The number of urea groups is 1. The van der Waals surface area contributed by atoms with E-state index in [0.29, 0.717) is 17.1 Å². The summed E-state index contributed by atoms with van der Waals surface area (Å²) in [6.45, 7) is 5.41. The molecule has 0 unspecified atom stereocenters. The van der Waals surface area contributed by atoms with Crippen molar-refractivity contribution in [2.45, 2.75) is 0 Å². The predicted octanol–water partition coefficient (Wildman–Crippen LogP) is -1.80. The van der Waals surface area contributed by atoms with Gasteiger partial charge < -0.3 is 26.2 Å². The summed E-state index contributed by atoms with van der Waals surface area (Å²) in [4.78, 5) is 39.5. The highest BCUT2D eigenvalue weighted by Crippen LogP contribution is 2.33. The number of hydrogen-bond donors (Lipinski definition) is 2. The van der Waals surface area contributed by atoms with E-state index in [-0.39, 0.29) is 11.6 Å².